The first-order chi connectivity index (χ1) is 8.58. The van der Waals surface area contributed by atoms with Gasteiger partial charge < -0.3 is 5.32 Å². The van der Waals surface area contributed by atoms with Crippen LogP contribution in [0.4, 0.5) is 0 Å². The number of aromatic amines is 1. The number of hydrogen-bond donors (Lipinski definition) is 2. The minimum atomic E-state index is -0.451. The van der Waals surface area contributed by atoms with Crippen molar-refractivity contribution in [2.75, 3.05) is 0 Å². The molecule has 2 rings (SSSR count). The summed E-state index contributed by atoms with van der Waals surface area (Å²) in [7, 11) is 1.46. The Kier molecular flexibility index (Phi) is 3.47. The fourth-order valence-corrected chi connectivity index (χ4v) is 1.61. The van der Waals surface area contributed by atoms with Gasteiger partial charge in [-0.05, 0) is 11.6 Å². The molecule has 0 spiro atoms. The van der Waals surface area contributed by atoms with Crippen molar-refractivity contribution >= 4 is 17.5 Å². The molecule has 2 N–H and O–H groups in total. The van der Waals surface area contributed by atoms with Crippen LogP contribution in [0.25, 0.3) is 0 Å². The fourth-order valence-electron chi connectivity index (χ4n) is 1.41. The number of nitrogens with zero attached hydrogens (tertiary/aromatic N) is 2. The van der Waals surface area contributed by atoms with Crippen LogP contribution in [0.2, 0.25) is 5.02 Å². The second-order valence-corrected chi connectivity index (χ2v) is 4.08. The first kappa shape index (κ1) is 12.4. The summed E-state index contributed by atoms with van der Waals surface area (Å²) in [6, 6.07) is 7.19. The molecule has 0 fully saturated rings. The van der Waals surface area contributed by atoms with Gasteiger partial charge >= 0.3 is 5.69 Å². The zero-order valence-corrected chi connectivity index (χ0v) is 10.4. The molecular weight excluding hydrogens is 256 g/mol. The van der Waals surface area contributed by atoms with Crippen molar-refractivity contribution in [2.24, 2.45) is 7.05 Å². The summed E-state index contributed by atoms with van der Waals surface area (Å²) >= 11 is 5.95. The number of rotatable bonds is 3. The quantitative estimate of drug-likeness (QED) is 0.858. The highest BCUT2D eigenvalue weighted by Crippen LogP contribution is 2.14. The minimum Gasteiger partial charge on any atom is -0.345 e. The fraction of sp³-hybridized carbons (Fsp3) is 0.182. The summed E-state index contributed by atoms with van der Waals surface area (Å²) < 4.78 is 1.06. The van der Waals surface area contributed by atoms with Gasteiger partial charge in [-0.2, -0.15) is 0 Å². The van der Waals surface area contributed by atoms with Crippen LogP contribution < -0.4 is 11.0 Å². The van der Waals surface area contributed by atoms with E-state index >= 15 is 0 Å². The molecule has 7 heteroatoms. The molecule has 94 valence electrons. The third-order valence-electron chi connectivity index (χ3n) is 2.38. The van der Waals surface area contributed by atoms with Gasteiger partial charge in [0.25, 0.3) is 5.91 Å². The maximum atomic E-state index is 11.7. The monoisotopic (exact) mass is 266 g/mol. The van der Waals surface area contributed by atoms with Gasteiger partial charge in [-0.3, -0.25) is 9.78 Å². The number of nitrogens with one attached hydrogen (secondary N) is 2. The summed E-state index contributed by atoms with van der Waals surface area (Å²) in [5.41, 5.74) is 0.365. The molecule has 2 aromatic rings. The highest BCUT2D eigenvalue weighted by molar-refractivity contribution is 6.31. The van der Waals surface area contributed by atoms with E-state index in [4.69, 9.17) is 11.6 Å². The van der Waals surface area contributed by atoms with Crippen LogP contribution in [-0.4, -0.2) is 20.7 Å². The molecule has 1 aromatic heterocycles. The van der Waals surface area contributed by atoms with Gasteiger partial charge in [0.05, 0.1) is 0 Å². The second-order valence-electron chi connectivity index (χ2n) is 3.68. The van der Waals surface area contributed by atoms with Gasteiger partial charge in [-0.1, -0.05) is 29.8 Å². The van der Waals surface area contributed by atoms with Gasteiger partial charge in [0.2, 0.25) is 5.82 Å². The van der Waals surface area contributed by atoms with Crippen LogP contribution in [0.15, 0.2) is 29.1 Å². The molecule has 0 unspecified atom stereocenters. The Morgan fingerprint density at radius 1 is 1.50 bits per heavy atom. The maximum Gasteiger partial charge on any atom is 0.343 e. The SMILES string of the molecule is Cn1nc(C(=O)NCc2ccccc2Cl)[nH]c1=O. The second kappa shape index (κ2) is 5.05. The van der Waals surface area contributed by atoms with Crippen molar-refractivity contribution in [1.82, 2.24) is 20.1 Å². The topological polar surface area (TPSA) is 79.8 Å². The molecule has 6 nitrogen and oxygen atoms in total. The number of amides is 1. The number of H-pyrrole nitrogens is 1. The Bertz CT molecular complexity index is 632. The summed E-state index contributed by atoms with van der Waals surface area (Å²) in [6.45, 7) is 0.275. The summed E-state index contributed by atoms with van der Waals surface area (Å²) in [5.74, 6) is -0.470. The maximum absolute atomic E-state index is 11.7. The molecule has 0 saturated heterocycles. The minimum absolute atomic E-state index is 0.0189. The number of hydrogen-bond acceptors (Lipinski definition) is 3. The van der Waals surface area contributed by atoms with Gasteiger partial charge in [-0.25, -0.2) is 9.48 Å². The molecule has 1 heterocycles. The number of carbonyl (C=O) groups is 1. The predicted molar refractivity (Wildman–Crippen MR) is 66.5 cm³/mol. The summed E-state index contributed by atoms with van der Waals surface area (Å²) in [4.78, 5) is 25.2. The Hall–Kier alpha value is -2.08. The largest absolute Gasteiger partial charge is 0.345 e. The smallest absolute Gasteiger partial charge is 0.343 e. The zero-order valence-electron chi connectivity index (χ0n) is 9.61. The third-order valence-corrected chi connectivity index (χ3v) is 2.75. The van der Waals surface area contributed by atoms with E-state index in [0.29, 0.717) is 5.02 Å². The highest BCUT2D eigenvalue weighted by Gasteiger charge is 2.11. The van der Waals surface area contributed by atoms with E-state index in [9.17, 15) is 9.59 Å². The van der Waals surface area contributed by atoms with E-state index in [0.717, 1.165) is 10.2 Å². The van der Waals surface area contributed by atoms with E-state index in [1.165, 1.54) is 7.05 Å². The number of aryl methyl sites for hydroxylation is 1. The first-order valence-electron chi connectivity index (χ1n) is 5.23. The van der Waals surface area contributed by atoms with Crippen molar-refractivity contribution in [3.63, 3.8) is 0 Å². The molecule has 1 amide bonds. The molecule has 0 bridgehead atoms. The summed E-state index contributed by atoms with van der Waals surface area (Å²) in [6.07, 6.45) is 0. The van der Waals surface area contributed by atoms with Gasteiger partial charge in [0.15, 0.2) is 0 Å². The Balaban J connectivity index is 2.05. The van der Waals surface area contributed by atoms with Crippen LogP contribution >= 0.6 is 11.6 Å². The van der Waals surface area contributed by atoms with Crippen molar-refractivity contribution in [3.05, 3.63) is 51.2 Å². The van der Waals surface area contributed by atoms with Crippen LogP contribution in [0.5, 0.6) is 0 Å². The zero-order chi connectivity index (χ0) is 13.1. The molecule has 0 aliphatic heterocycles. The van der Waals surface area contributed by atoms with E-state index < -0.39 is 11.6 Å². The van der Waals surface area contributed by atoms with Crippen LogP contribution in [0.3, 0.4) is 0 Å². The number of benzene rings is 1. The van der Waals surface area contributed by atoms with Gasteiger partial charge in [0.1, 0.15) is 0 Å². The number of aromatic nitrogens is 3. The van der Waals surface area contributed by atoms with Crippen LogP contribution in [0.1, 0.15) is 16.2 Å². The number of carbonyl (C=O) groups excluding carboxylic acids is 1. The molecule has 0 aliphatic carbocycles. The average Bonchev–Trinajstić information content (AvgIpc) is 2.68. The Morgan fingerprint density at radius 2 is 2.22 bits per heavy atom. The Morgan fingerprint density at radius 3 is 2.83 bits per heavy atom. The molecule has 0 saturated carbocycles. The molecule has 1 aromatic carbocycles. The lowest BCUT2D eigenvalue weighted by Crippen LogP contribution is -2.24. The van der Waals surface area contributed by atoms with Crippen molar-refractivity contribution in [2.45, 2.75) is 6.54 Å². The van der Waals surface area contributed by atoms with Crippen molar-refractivity contribution < 1.29 is 4.79 Å². The molecule has 0 atom stereocenters. The van der Waals surface area contributed by atoms with E-state index in [1.54, 1.807) is 6.07 Å². The number of halogens is 1. The predicted octanol–water partition coefficient (Wildman–Crippen LogP) is 0.692. The first-order valence-corrected chi connectivity index (χ1v) is 5.60. The molecule has 0 aliphatic rings. The lowest BCUT2D eigenvalue weighted by atomic mass is 10.2. The molecule has 0 radical (unpaired) electrons. The lowest BCUT2D eigenvalue weighted by Gasteiger charge is -2.04. The van der Waals surface area contributed by atoms with Crippen LogP contribution in [-0.2, 0) is 13.6 Å². The van der Waals surface area contributed by atoms with Crippen LogP contribution in [0, 0.1) is 0 Å². The summed E-state index contributed by atoms with van der Waals surface area (Å²) in [5, 5.41) is 6.95. The van der Waals surface area contributed by atoms with E-state index in [1.807, 2.05) is 18.2 Å². The standard InChI is InChI=1S/C11H11ClN4O2/c1-16-11(18)14-9(15-16)10(17)13-6-7-4-2-3-5-8(7)12/h2-5H,6H2,1H3,(H,13,17)(H,14,15,18). The van der Waals surface area contributed by atoms with Crippen molar-refractivity contribution in [3.8, 4) is 0 Å². The normalized spacial score (nSPS) is 10.3. The van der Waals surface area contributed by atoms with Gasteiger partial charge in [0, 0.05) is 18.6 Å². The van der Waals surface area contributed by atoms with E-state index in [2.05, 4.69) is 15.4 Å². The average molecular weight is 267 g/mol. The lowest BCUT2D eigenvalue weighted by molar-refractivity contribution is 0.0940. The van der Waals surface area contributed by atoms with Gasteiger partial charge in [-0.15, -0.1) is 5.10 Å². The van der Waals surface area contributed by atoms with E-state index in [-0.39, 0.29) is 12.4 Å². The molecule has 18 heavy (non-hydrogen) atoms. The van der Waals surface area contributed by atoms with Crippen molar-refractivity contribution in [1.29, 1.82) is 0 Å². The Labute approximate surface area is 108 Å². The third kappa shape index (κ3) is 2.60. The highest BCUT2D eigenvalue weighted by atomic mass is 35.5. The molecular formula is C11H11ClN4O2.